The molecule has 192 valence electrons. The fraction of sp³-hybridized carbons (Fsp3) is 0.321. The summed E-state index contributed by atoms with van der Waals surface area (Å²) in [6, 6.07) is 15.7. The highest BCUT2D eigenvalue weighted by Gasteiger charge is 2.20. The van der Waals surface area contributed by atoms with Crippen LogP contribution in [-0.4, -0.2) is 58.8 Å². The van der Waals surface area contributed by atoms with Crippen molar-refractivity contribution in [1.29, 1.82) is 0 Å². The monoisotopic (exact) mass is 501 g/mol. The number of rotatable bonds is 9. The predicted molar refractivity (Wildman–Crippen MR) is 139 cm³/mol. The van der Waals surface area contributed by atoms with E-state index in [1.54, 1.807) is 43.3 Å². The number of hydrogen-bond donors (Lipinski definition) is 1. The van der Waals surface area contributed by atoms with Gasteiger partial charge >= 0.3 is 0 Å². The van der Waals surface area contributed by atoms with Gasteiger partial charge in [-0.2, -0.15) is 5.10 Å². The summed E-state index contributed by atoms with van der Waals surface area (Å²) in [6.45, 7) is 4.92. The first-order chi connectivity index (χ1) is 18.0. The number of aromatic nitrogens is 3. The molecule has 37 heavy (non-hydrogen) atoms. The molecule has 9 nitrogen and oxygen atoms in total. The topological polar surface area (TPSA) is 90.2 Å². The lowest BCUT2D eigenvalue weighted by Crippen LogP contribution is -2.33. The van der Waals surface area contributed by atoms with Gasteiger partial charge in [0.05, 0.1) is 20.8 Å². The Hall–Kier alpha value is -4.11. The summed E-state index contributed by atoms with van der Waals surface area (Å²) >= 11 is 0. The number of carbonyl (C=O) groups excluding carboxylic acids is 1. The molecule has 0 unspecified atom stereocenters. The van der Waals surface area contributed by atoms with E-state index in [1.807, 2.05) is 19.1 Å². The molecule has 1 aliphatic rings. The summed E-state index contributed by atoms with van der Waals surface area (Å²) in [7, 11) is 3.34. The van der Waals surface area contributed by atoms with Crippen LogP contribution in [0.1, 0.15) is 34.1 Å². The van der Waals surface area contributed by atoms with Crippen molar-refractivity contribution in [1.82, 2.24) is 24.8 Å². The predicted octanol–water partition coefficient (Wildman–Crippen LogP) is 3.50. The van der Waals surface area contributed by atoms with E-state index in [9.17, 15) is 4.79 Å². The van der Waals surface area contributed by atoms with Crippen molar-refractivity contribution in [2.75, 3.05) is 27.3 Å². The van der Waals surface area contributed by atoms with Crippen molar-refractivity contribution in [3.8, 4) is 17.2 Å². The zero-order valence-corrected chi connectivity index (χ0v) is 21.3. The standard InChI is InChI=1S/C28H31N5O4/c1-19(16-30-28(34)24-15-27-29-9-5-10-33(27)31-24)37-23-7-4-6-20(12-23)17-32-11-8-21-13-25(35-2)26(36-3)14-22(21)18-32/h4-7,9-10,12-15,19H,8,11,16-18H2,1-3H3,(H,30,34)/t19-/m1/s1. The van der Waals surface area contributed by atoms with Gasteiger partial charge in [-0.1, -0.05) is 12.1 Å². The summed E-state index contributed by atoms with van der Waals surface area (Å²) < 4.78 is 18.6. The molecule has 0 bridgehead atoms. The molecule has 9 heteroatoms. The molecule has 4 aromatic rings. The molecule has 1 amide bonds. The largest absolute Gasteiger partial charge is 0.493 e. The molecule has 0 spiro atoms. The van der Waals surface area contributed by atoms with Crippen molar-refractivity contribution in [3.05, 3.63) is 83.3 Å². The van der Waals surface area contributed by atoms with E-state index in [0.29, 0.717) is 17.9 Å². The average molecular weight is 502 g/mol. The second kappa shape index (κ2) is 10.9. The average Bonchev–Trinajstić information content (AvgIpc) is 3.35. The molecule has 0 aliphatic carbocycles. The summed E-state index contributed by atoms with van der Waals surface area (Å²) in [6.07, 6.45) is 4.18. The first-order valence-electron chi connectivity index (χ1n) is 12.3. The summed E-state index contributed by atoms with van der Waals surface area (Å²) in [5.74, 6) is 2.06. The van der Waals surface area contributed by atoms with Gasteiger partial charge in [-0.25, -0.2) is 9.50 Å². The molecule has 2 aromatic carbocycles. The maximum atomic E-state index is 12.5. The zero-order chi connectivity index (χ0) is 25.8. The lowest BCUT2D eigenvalue weighted by molar-refractivity contribution is 0.0927. The Bertz CT molecular complexity index is 1370. The highest BCUT2D eigenvalue weighted by atomic mass is 16.5. The van der Waals surface area contributed by atoms with Crippen LogP contribution in [0.2, 0.25) is 0 Å². The van der Waals surface area contributed by atoms with E-state index in [1.165, 1.54) is 16.7 Å². The number of benzene rings is 2. The van der Waals surface area contributed by atoms with E-state index >= 15 is 0 Å². The number of nitrogens with zero attached hydrogens (tertiary/aromatic N) is 4. The SMILES string of the molecule is COc1cc2c(cc1OC)CN(Cc1cccc(O[C@H](C)CNC(=O)c3cc4ncccn4n3)c1)CC2. The molecule has 1 N–H and O–H groups in total. The summed E-state index contributed by atoms with van der Waals surface area (Å²) in [5, 5.41) is 7.15. The minimum atomic E-state index is -0.255. The Morgan fingerprint density at radius 1 is 1.08 bits per heavy atom. The fourth-order valence-corrected chi connectivity index (χ4v) is 4.59. The highest BCUT2D eigenvalue weighted by Crippen LogP contribution is 2.33. The minimum absolute atomic E-state index is 0.210. The Morgan fingerprint density at radius 3 is 2.68 bits per heavy atom. The van der Waals surface area contributed by atoms with E-state index in [2.05, 4.69) is 44.6 Å². The van der Waals surface area contributed by atoms with Gasteiger partial charge in [0.2, 0.25) is 0 Å². The van der Waals surface area contributed by atoms with Crippen LogP contribution in [0.25, 0.3) is 5.65 Å². The van der Waals surface area contributed by atoms with Crippen LogP contribution in [0.15, 0.2) is 60.9 Å². The van der Waals surface area contributed by atoms with Crippen molar-refractivity contribution < 1.29 is 19.0 Å². The van der Waals surface area contributed by atoms with E-state index in [-0.39, 0.29) is 12.0 Å². The molecular weight excluding hydrogens is 470 g/mol. The lowest BCUT2D eigenvalue weighted by atomic mass is 9.98. The first kappa shape index (κ1) is 24.6. The third-order valence-electron chi connectivity index (χ3n) is 6.46. The number of amides is 1. The molecule has 1 aliphatic heterocycles. The van der Waals surface area contributed by atoms with Crippen molar-refractivity contribution in [2.24, 2.45) is 0 Å². The third kappa shape index (κ3) is 5.67. The van der Waals surface area contributed by atoms with Crippen molar-refractivity contribution in [3.63, 3.8) is 0 Å². The number of nitrogens with one attached hydrogen (secondary N) is 1. The van der Waals surface area contributed by atoms with Crippen LogP contribution in [0, 0.1) is 0 Å². The summed E-state index contributed by atoms with van der Waals surface area (Å²) in [4.78, 5) is 19.1. The van der Waals surface area contributed by atoms with Gasteiger partial charge in [-0.3, -0.25) is 9.69 Å². The zero-order valence-electron chi connectivity index (χ0n) is 21.3. The molecular formula is C28H31N5O4. The fourth-order valence-electron chi connectivity index (χ4n) is 4.59. The van der Waals surface area contributed by atoms with Crippen LogP contribution in [0.3, 0.4) is 0 Å². The summed E-state index contributed by atoms with van der Waals surface area (Å²) in [5.41, 5.74) is 4.70. The smallest absolute Gasteiger partial charge is 0.272 e. The Morgan fingerprint density at radius 2 is 1.89 bits per heavy atom. The van der Waals surface area contributed by atoms with Gasteiger partial charge in [0.15, 0.2) is 22.8 Å². The number of carbonyl (C=O) groups is 1. The van der Waals surface area contributed by atoms with Crippen LogP contribution in [0.5, 0.6) is 17.2 Å². The van der Waals surface area contributed by atoms with Crippen LogP contribution < -0.4 is 19.5 Å². The normalized spacial score (nSPS) is 14.1. The van der Waals surface area contributed by atoms with E-state index < -0.39 is 0 Å². The Balaban J connectivity index is 1.16. The minimum Gasteiger partial charge on any atom is -0.493 e. The Kier molecular flexibility index (Phi) is 7.23. The third-order valence-corrected chi connectivity index (χ3v) is 6.46. The second-order valence-electron chi connectivity index (χ2n) is 9.17. The van der Waals surface area contributed by atoms with Gasteiger partial charge in [0.1, 0.15) is 11.9 Å². The highest BCUT2D eigenvalue weighted by molar-refractivity contribution is 5.93. The number of ether oxygens (including phenoxy) is 3. The number of hydrogen-bond acceptors (Lipinski definition) is 7. The van der Waals surface area contributed by atoms with Crippen LogP contribution in [0.4, 0.5) is 0 Å². The van der Waals surface area contributed by atoms with Crippen LogP contribution in [-0.2, 0) is 19.5 Å². The molecule has 5 rings (SSSR count). The molecule has 0 radical (unpaired) electrons. The van der Waals surface area contributed by atoms with Crippen LogP contribution >= 0.6 is 0 Å². The molecule has 0 saturated carbocycles. The Labute approximate surface area is 216 Å². The van der Waals surface area contributed by atoms with Crippen molar-refractivity contribution >= 4 is 11.6 Å². The van der Waals surface area contributed by atoms with Crippen molar-refractivity contribution in [2.45, 2.75) is 32.5 Å². The molecule has 3 heterocycles. The number of fused-ring (bicyclic) bond motifs is 2. The maximum Gasteiger partial charge on any atom is 0.272 e. The second-order valence-corrected chi connectivity index (χ2v) is 9.17. The van der Waals surface area contributed by atoms with Gasteiger partial charge in [0, 0.05) is 38.1 Å². The van der Waals surface area contributed by atoms with Gasteiger partial charge in [-0.05, 0) is 60.4 Å². The molecule has 1 atom stereocenters. The number of methoxy groups -OCH3 is 2. The lowest BCUT2D eigenvalue weighted by Gasteiger charge is -2.29. The van der Waals surface area contributed by atoms with E-state index in [0.717, 1.165) is 43.3 Å². The quantitative estimate of drug-likeness (QED) is 0.375. The van der Waals surface area contributed by atoms with Gasteiger partial charge in [-0.15, -0.1) is 0 Å². The van der Waals surface area contributed by atoms with Gasteiger partial charge in [0.25, 0.3) is 5.91 Å². The first-order valence-corrected chi connectivity index (χ1v) is 12.3. The molecule has 0 saturated heterocycles. The van der Waals surface area contributed by atoms with E-state index in [4.69, 9.17) is 14.2 Å². The maximum absolute atomic E-state index is 12.5. The molecule has 0 fully saturated rings. The molecule has 2 aromatic heterocycles. The van der Waals surface area contributed by atoms with Gasteiger partial charge < -0.3 is 19.5 Å².